The van der Waals surface area contributed by atoms with Gasteiger partial charge in [-0.2, -0.15) is 0 Å². The summed E-state index contributed by atoms with van der Waals surface area (Å²) in [5.74, 6) is 0.373. The highest BCUT2D eigenvalue weighted by molar-refractivity contribution is 5.76. The summed E-state index contributed by atoms with van der Waals surface area (Å²) in [5, 5.41) is 9.12. The molecule has 0 saturated carbocycles. The number of hydrogen-bond acceptors (Lipinski definition) is 1. The normalized spacial score (nSPS) is 12.6. The van der Waals surface area contributed by atoms with Gasteiger partial charge in [0.1, 0.15) is 0 Å². The molecule has 0 spiro atoms. The number of benzene rings is 3. The lowest BCUT2D eigenvalue weighted by Gasteiger charge is -2.24. The molecule has 154 valence electrons. The molecular formula is C27H31N3. The average molecular weight is 398 g/mol. The SMILES string of the molecule is Cc1ccc(CCn2c(=N)n(C(c3ccc(C)cc3)C(C)C)c3ccccc32)cc1. The number of nitrogens with one attached hydrogen (secondary N) is 1. The molecule has 1 heterocycles. The van der Waals surface area contributed by atoms with Gasteiger partial charge >= 0.3 is 0 Å². The Labute approximate surface area is 179 Å². The predicted octanol–water partition coefficient (Wildman–Crippen LogP) is 6.03. The van der Waals surface area contributed by atoms with Gasteiger partial charge in [0.15, 0.2) is 0 Å². The third kappa shape index (κ3) is 3.85. The van der Waals surface area contributed by atoms with Crippen molar-refractivity contribution >= 4 is 11.0 Å². The second-order valence-electron chi connectivity index (χ2n) is 8.67. The second-order valence-corrected chi connectivity index (χ2v) is 8.67. The first-order valence-electron chi connectivity index (χ1n) is 10.8. The van der Waals surface area contributed by atoms with Crippen LogP contribution in [0.25, 0.3) is 11.0 Å². The van der Waals surface area contributed by atoms with Gasteiger partial charge in [-0.25, -0.2) is 0 Å². The molecule has 1 aromatic heterocycles. The summed E-state index contributed by atoms with van der Waals surface area (Å²) in [4.78, 5) is 0. The second kappa shape index (κ2) is 8.35. The van der Waals surface area contributed by atoms with Crippen molar-refractivity contribution < 1.29 is 0 Å². The van der Waals surface area contributed by atoms with Gasteiger partial charge in [-0.05, 0) is 49.4 Å². The van der Waals surface area contributed by atoms with Gasteiger partial charge in [0, 0.05) is 6.54 Å². The fourth-order valence-electron chi connectivity index (χ4n) is 4.35. The Bertz CT molecular complexity index is 1190. The first kappa shape index (κ1) is 20.2. The number of para-hydroxylation sites is 2. The Morgan fingerprint density at radius 1 is 0.767 bits per heavy atom. The number of aromatic nitrogens is 2. The van der Waals surface area contributed by atoms with Crippen LogP contribution in [0.4, 0.5) is 0 Å². The van der Waals surface area contributed by atoms with E-state index in [-0.39, 0.29) is 6.04 Å². The van der Waals surface area contributed by atoms with Crippen LogP contribution in [0.5, 0.6) is 0 Å². The molecule has 30 heavy (non-hydrogen) atoms. The molecule has 0 bridgehead atoms. The Balaban J connectivity index is 1.80. The summed E-state index contributed by atoms with van der Waals surface area (Å²) in [6, 6.07) is 26.1. The maximum Gasteiger partial charge on any atom is 0.203 e. The zero-order chi connectivity index (χ0) is 21.3. The lowest BCUT2D eigenvalue weighted by Crippen LogP contribution is -2.31. The molecule has 4 aromatic rings. The van der Waals surface area contributed by atoms with E-state index in [0.717, 1.165) is 24.0 Å². The summed E-state index contributed by atoms with van der Waals surface area (Å²) in [7, 11) is 0. The van der Waals surface area contributed by atoms with Crippen LogP contribution >= 0.6 is 0 Å². The largest absolute Gasteiger partial charge is 0.310 e. The van der Waals surface area contributed by atoms with Crippen molar-refractivity contribution in [3.05, 3.63) is 101 Å². The summed E-state index contributed by atoms with van der Waals surface area (Å²) in [6.07, 6.45) is 0.918. The fourth-order valence-corrected chi connectivity index (χ4v) is 4.35. The van der Waals surface area contributed by atoms with Crippen LogP contribution in [0.3, 0.4) is 0 Å². The molecule has 3 nitrogen and oxygen atoms in total. The molecule has 1 N–H and O–H groups in total. The van der Waals surface area contributed by atoms with Crippen molar-refractivity contribution in [1.82, 2.24) is 9.13 Å². The minimum atomic E-state index is 0.128. The zero-order valence-corrected chi connectivity index (χ0v) is 18.4. The van der Waals surface area contributed by atoms with E-state index >= 15 is 0 Å². The number of nitrogens with zero attached hydrogens (tertiary/aromatic N) is 2. The number of hydrogen-bond donors (Lipinski definition) is 1. The Kier molecular flexibility index (Phi) is 5.63. The quantitative estimate of drug-likeness (QED) is 0.412. The fraction of sp³-hybridized carbons (Fsp3) is 0.296. The first-order valence-corrected chi connectivity index (χ1v) is 10.8. The van der Waals surface area contributed by atoms with Crippen LogP contribution in [0.1, 0.15) is 42.1 Å². The Hall–Kier alpha value is -3.07. The van der Waals surface area contributed by atoms with Gasteiger partial charge < -0.3 is 9.13 Å². The van der Waals surface area contributed by atoms with E-state index in [9.17, 15) is 0 Å². The van der Waals surface area contributed by atoms with Gasteiger partial charge in [-0.15, -0.1) is 0 Å². The number of aryl methyl sites for hydroxylation is 4. The third-order valence-corrected chi connectivity index (χ3v) is 5.99. The van der Waals surface area contributed by atoms with Gasteiger partial charge in [-0.1, -0.05) is 85.6 Å². The molecule has 3 heteroatoms. The van der Waals surface area contributed by atoms with Gasteiger partial charge in [0.25, 0.3) is 0 Å². The molecule has 0 amide bonds. The minimum Gasteiger partial charge on any atom is -0.310 e. The summed E-state index contributed by atoms with van der Waals surface area (Å²) >= 11 is 0. The maximum absolute atomic E-state index is 9.12. The number of imidazole rings is 1. The molecule has 0 aliphatic carbocycles. The molecule has 0 aliphatic heterocycles. The van der Waals surface area contributed by atoms with E-state index in [4.69, 9.17) is 5.41 Å². The molecular weight excluding hydrogens is 366 g/mol. The Morgan fingerprint density at radius 3 is 1.93 bits per heavy atom. The van der Waals surface area contributed by atoms with Crippen molar-refractivity contribution in [3.8, 4) is 0 Å². The number of fused-ring (bicyclic) bond motifs is 1. The molecule has 1 atom stereocenters. The molecule has 0 fully saturated rings. The van der Waals surface area contributed by atoms with Crippen LogP contribution < -0.4 is 5.62 Å². The van der Waals surface area contributed by atoms with Gasteiger partial charge in [0.05, 0.1) is 17.1 Å². The highest BCUT2D eigenvalue weighted by Gasteiger charge is 2.23. The summed E-state index contributed by atoms with van der Waals surface area (Å²) < 4.78 is 4.39. The molecule has 3 aromatic carbocycles. The van der Waals surface area contributed by atoms with E-state index in [0.29, 0.717) is 11.5 Å². The van der Waals surface area contributed by atoms with Crippen molar-refractivity contribution in [2.75, 3.05) is 0 Å². The van der Waals surface area contributed by atoms with Gasteiger partial charge in [-0.3, -0.25) is 5.41 Å². The minimum absolute atomic E-state index is 0.128. The first-order chi connectivity index (χ1) is 14.5. The van der Waals surface area contributed by atoms with Crippen LogP contribution in [-0.2, 0) is 13.0 Å². The van der Waals surface area contributed by atoms with E-state index in [1.165, 1.54) is 22.3 Å². The summed E-state index contributed by atoms with van der Waals surface area (Å²) in [5.41, 5.74) is 7.94. The van der Waals surface area contributed by atoms with E-state index in [2.05, 4.69) is 110 Å². The van der Waals surface area contributed by atoms with Crippen molar-refractivity contribution in [1.29, 1.82) is 5.41 Å². The highest BCUT2D eigenvalue weighted by atomic mass is 15.2. The van der Waals surface area contributed by atoms with Gasteiger partial charge in [0.2, 0.25) is 5.62 Å². The van der Waals surface area contributed by atoms with Crippen molar-refractivity contribution in [3.63, 3.8) is 0 Å². The van der Waals surface area contributed by atoms with Crippen molar-refractivity contribution in [2.24, 2.45) is 5.92 Å². The Morgan fingerprint density at radius 2 is 1.33 bits per heavy atom. The molecule has 4 rings (SSSR count). The van der Waals surface area contributed by atoms with Crippen molar-refractivity contribution in [2.45, 2.75) is 46.7 Å². The monoisotopic (exact) mass is 397 g/mol. The van der Waals surface area contributed by atoms with Crippen LogP contribution in [0.15, 0.2) is 72.8 Å². The van der Waals surface area contributed by atoms with E-state index in [1.54, 1.807) is 0 Å². The lowest BCUT2D eigenvalue weighted by atomic mass is 9.95. The number of rotatable bonds is 6. The zero-order valence-electron chi connectivity index (χ0n) is 18.4. The average Bonchev–Trinajstić information content (AvgIpc) is 3.01. The van der Waals surface area contributed by atoms with Crippen LogP contribution in [0, 0.1) is 25.2 Å². The predicted molar refractivity (Wildman–Crippen MR) is 125 cm³/mol. The third-order valence-electron chi connectivity index (χ3n) is 5.99. The lowest BCUT2D eigenvalue weighted by molar-refractivity contribution is 0.422. The standard InChI is InChI=1S/C27H31N3/c1-19(2)26(23-15-11-21(4)12-16-23)30-25-8-6-5-7-24(25)29(27(30)28)18-17-22-13-9-20(3)10-14-22/h5-16,19,26,28H,17-18H2,1-4H3. The molecule has 0 radical (unpaired) electrons. The molecule has 0 aliphatic rings. The van der Waals surface area contributed by atoms with Crippen LogP contribution in [0.2, 0.25) is 0 Å². The van der Waals surface area contributed by atoms with E-state index < -0.39 is 0 Å². The van der Waals surface area contributed by atoms with E-state index in [1.807, 2.05) is 0 Å². The molecule has 1 unspecified atom stereocenters. The highest BCUT2D eigenvalue weighted by Crippen LogP contribution is 2.29. The molecule has 0 saturated heterocycles. The smallest absolute Gasteiger partial charge is 0.203 e. The maximum atomic E-state index is 9.12. The summed E-state index contributed by atoms with van der Waals surface area (Å²) in [6.45, 7) is 9.53. The topological polar surface area (TPSA) is 33.7 Å². The van der Waals surface area contributed by atoms with Crippen LogP contribution in [-0.4, -0.2) is 9.13 Å².